The summed E-state index contributed by atoms with van der Waals surface area (Å²) >= 11 is 11.9. The molecule has 2 heterocycles. The predicted molar refractivity (Wildman–Crippen MR) is 168 cm³/mol. The second kappa shape index (κ2) is 14.9. The van der Waals surface area contributed by atoms with Gasteiger partial charge in [0.2, 0.25) is 5.95 Å². The molecule has 7 nitrogen and oxygen atoms in total. The van der Waals surface area contributed by atoms with Crippen molar-refractivity contribution < 1.29 is 0 Å². The van der Waals surface area contributed by atoms with Crippen LogP contribution in [0.4, 0.5) is 17.5 Å². The van der Waals surface area contributed by atoms with Crippen molar-refractivity contribution in [2.45, 2.75) is 53.0 Å². The number of hydrogen-bond donors (Lipinski definition) is 3. The summed E-state index contributed by atoms with van der Waals surface area (Å²) in [4.78, 5) is 15.1. The molecule has 0 aliphatic carbocycles. The second-order valence-corrected chi connectivity index (χ2v) is 10.3. The highest BCUT2D eigenvalue weighted by Crippen LogP contribution is 2.29. The maximum absolute atomic E-state index is 6.04. The van der Waals surface area contributed by atoms with Crippen molar-refractivity contribution in [2.75, 3.05) is 36.4 Å². The minimum atomic E-state index is 0.206. The monoisotopic (exact) mass is 567 g/mol. The largest absolute Gasteiger partial charge is 0.383 e. The summed E-state index contributed by atoms with van der Waals surface area (Å²) in [5, 5.41) is 6.15. The summed E-state index contributed by atoms with van der Waals surface area (Å²) in [6, 6.07) is 15.8. The van der Waals surface area contributed by atoms with Crippen LogP contribution in [0.5, 0.6) is 0 Å². The van der Waals surface area contributed by atoms with Crippen molar-refractivity contribution in [3.8, 4) is 11.1 Å². The number of aromatic nitrogens is 3. The first kappa shape index (κ1) is 30.4. The van der Waals surface area contributed by atoms with Crippen molar-refractivity contribution in [3.05, 3.63) is 70.5 Å². The molecule has 4 aromatic rings. The van der Waals surface area contributed by atoms with Gasteiger partial charge in [-0.25, -0.2) is 4.98 Å². The Morgan fingerprint density at radius 2 is 1.62 bits per heavy atom. The number of nitrogens with one attached hydrogen (secondary N) is 1. The van der Waals surface area contributed by atoms with Crippen LogP contribution < -0.4 is 16.8 Å². The van der Waals surface area contributed by atoms with Gasteiger partial charge in [0, 0.05) is 38.9 Å². The molecule has 0 saturated heterocycles. The summed E-state index contributed by atoms with van der Waals surface area (Å²) in [7, 11) is 0. The fourth-order valence-electron chi connectivity index (χ4n) is 4.48. The number of pyridine rings is 1. The third kappa shape index (κ3) is 8.68. The quantitative estimate of drug-likeness (QED) is 0.184. The van der Waals surface area contributed by atoms with Gasteiger partial charge < -0.3 is 21.7 Å². The van der Waals surface area contributed by atoms with Crippen LogP contribution >= 0.6 is 23.2 Å². The van der Waals surface area contributed by atoms with E-state index in [0.29, 0.717) is 16.9 Å². The van der Waals surface area contributed by atoms with E-state index in [1.165, 1.54) is 13.0 Å². The van der Waals surface area contributed by atoms with E-state index in [1.54, 1.807) is 0 Å². The number of rotatable bonds is 10. The van der Waals surface area contributed by atoms with Crippen molar-refractivity contribution in [2.24, 2.45) is 0 Å². The lowest BCUT2D eigenvalue weighted by Crippen LogP contribution is -2.25. The molecule has 1 unspecified atom stereocenters. The van der Waals surface area contributed by atoms with Crippen LogP contribution in [0.15, 0.2) is 54.7 Å². The molecule has 39 heavy (non-hydrogen) atoms. The Bertz CT molecular complexity index is 1340. The van der Waals surface area contributed by atoms with E-state index < -0.39 is 0 Å². The summed E-state index contributed by atoms with van der Waals surface area (Å²) in [5.74, 6) is 0.605. The fourth-order valence-corrected chi connectivity index (χ4v) is 4.77. The highest BCUT2D eigenvalue weighted by Gasteiger charge is 2.12. The number of aryl methyl sites for hydroxylation is 1. The predicted octanol–water partition coefficient (Wildman–Crippen LogP) is 7.33. The van der Waals surface area contributed by atoms with Gasteiger partial charge >= 0.3 is 0 Å². The molecule has 2 aromatic heterocycles. The first-order valence-electron chi connectivity index (χ1n) is 13.5. The Balaban J connectivity index is 0.000000223. The number of nitrogens with zero attached hydrogens (tertiary/aromatic N) is 4. The lowest BCUT2D eigenvalue weighted by atomic mass is 10.0. The molecule has 0 fully saturated rings. The molecule has 0 radical (unpaired) electrons. The molecular weight excluding hydrogens is 529 g/mol. The van der Waals surface area contributed by atoms with Crippen LogP contribution in [0.25, 0.3) is 22.0 Å². The number of nitrogens with two attached hydrogens (primary N) is 2. The highest BCUT2D eigenvalue weighted by molar-refractivity contribution is 6.31. The van der Waals surface area contributed by atoms with Gasteiger partial charge in [0.05, 0.1) is 11.2 Å². The lowest BCUT2D eigenvalue weighted by molar-refractivity contribution is 0.295. The molecule has 0 aliphatic heterocycles. The maximum Gasteiger partial charge on any atom is 0.222 e. The van der Waals surface area contributed by atoms with Gasteiger partial charge in [-0.2, -0.15) is 4.98 Å². The van der Waals surface area contributed by atoms with E-state index in [1.807, 2.05) is 61.7 Å². The summed E-state index contributed by atoms with van der Waals surface area (Å²) in [6.07, 6.45) is 4.96. The normalized spacial score (nSPS) is 11.8. The number of fused-ring (bicyclic) bond motifs is 1. The lowest BCUT2D eigenvalue weighted by Gasteiger charge is -2.20. The molecule has 0 aliphatic rings. The van der Waals surface area contributed by atoms with E-state index in [9.17, 15) is 0 Å². The van der Waals surface area contributed by atoms with Crippen molar-refractivity contribution in [1.29, 1.82) is 0 Å². The topological polar surface area (TPSA) is 106 Å². The fraction of sp³-hybridized carbons (Fsp3) is 0.367. The number of anilines is 3. The average Bonchev–Trinajstić information content (AvgIpc) is 2.92. The molecule has 5 N–H and O–H groups in total. The average molecular weight is 569 g/mol. The minimum Gasteiger partial charge on any atom is -0.383 e. The van der Waals surface area contributed by atoms with Gasteiger partial charge in [-0.05, 0) is 87.8 Å². The van der Waals surface area contributed by atoms with Gasteiger partial charge in [-0.3, -0.25) is 4.98 Å². The molecule has 9 heteroatoms. The third-order valence-electron chi connectivity index (χ3n) is 6.61. The summed E-state index contributed by atoms with van der Waals surface area (Å²) < 4.78 is 0. The van der Waals surface area contributed by atoms with Crippen LogP contribution in [-0.2, 0) is 6.42 Å². The number of benzene rings is 2. The van der Waals surface area contributed by atoms with Gasteiger partial charge in [0.25, 0.3) is 0 Å². The van der Waals surface area contributed by atoms with E-state index in [2.05, 4.69) is 45.9 Å². The number of halogens is 2. The molecular formula is C30H39Cl2N7. The van der Waals surface area contributed by atoms with Crippen LogP contribution in [-0.4, -0.2) is 45.5 Å². The van der Waals surface area contributed by atoms with E-state index in [-0.39, 0.29) is 5.95 Å². The standard InChI is InChI=1S/C18H26ClN3.C12H13ClN4/c1-4-22(5-2)12-6-7-14(3)21-17-10-11-20-18-13-15(19)8-9-16(17)18;1-2-9-10(11(14)17-12(15)16-9)7-3-5-8(13)6-4-7/h8-11,13-14H,4-7,12H2,1-3H3,(H,20,21);3-6H,2H2,1H3,(H4,14,15,16,17). The minimum absolute atomic E-state index is 0.206. The van der Waals surface area contributed by atoms with Crippen LogP contribution in [0.3, 0.4) is 0 Å². The molecule has 4 rings (SSSR count). The zero-order valence-electron chi connectivity index (χ0n) is 23.2. The molecule has 0 bridgehead atoms. The molecule has 0 saturated carbocycles. The summed E-state index contributed by atoms with van der Waals surface area (Å²) in [6.45, 7) is 12.1. The van der Waals surface area contributed by atoms with E-state index >= 15 is 0 Å². The van der Waals surface area contributed by atoms with Crippen molar-refractivity contribution in [1.82, 2.24) is 19.9 Å². The Kier molecular flexibility index (Phi) is 11.6. The smallest absolute Gasteiger partial charge is 0.222 e. The Hall–Kier alpha value is -3.13. The SMILES string of the molecule is CCN(CC)CCCC(C)Nc1ccnc2cc(Cl)ccc12.CCc1nc(N)nc(N)c1-c1ccc(Cl)cc1. The van der Waals surface area contributed by atoms with E-state index in [0.717, 1.165) is 64.4 Å². The molecule has 0 spiro atoms. The third-order valence-corrected chi connectivity index (χ3v) is 7.10. The van der Waals surface area contributed by atoms with Crippen molar-refractivity contribution in [3.63, 3.8) is 0 Å². The number of hydrogen-bond acceptors (Lipinski definition) is 7. The van der Waals surface area contributed by atoms with Gasteiger partial charge in [0.15, 0.2) is 0 Å². The molecule has 208 valence electrons. The molecule has 2 aromatic carbocycles. The van der Waals surface area contributed by atoms with Crippen LogP contribution in [0.2, 0.25) is 10.0 Å². The first-order valence-corrected chi connectivity index (χ1v) is 14.2. The highest BCUT2D eigenvalue weighted by atomic mass is 35.5. The van der Waals surface area contributed by atoms with E-state index in [4.69, 9.17) is 34.7 Å². The zero-order valence-corrected chi connectivity index (χ0v) is 24.7. The van der Waals surface area contributed by atoms with Crippen LogP contribution in [0.1, 0.15) is 46.2 Å². The second-order valence-electron chi connectivity index (χ2n) is 9.38. The van der Waals surface area contributed by atoms with Crippen LogP contribution in [0, 0.1) is 0 Å². The molecule has 1 atom stereocenters. The Morgan fingerprint density at radius 1 is 0.923 bits per heavy atom. The van der Waals surface area contributed by atoms with Crippen molar-refractivity contribution >= 4 is 51.6 Å². The Labute approximate surface area is 242 Å². The van der Waals surface area contributed by atoms with Gasteiger partial charge in [-0.15, -0.1) is 0 Å². The van der Waals surface area contributed by atoms with Gasteiger partial charge in [-0.1, -0.05) is 56.1 Å². The molecule has 0 amide bonds. The number of nitrogen functional groups attached to an aromatic ring is 2. The zero-order chi connectivity index (χ0) is 28.4. The maximum atomic E-state index is 6.04. The Morgan fingerprint density at radius 3 is 2.28 bits per heavy atom. The summed E-state index contributed by atoms with van der Waals surface area (Å²) in [5.41, 5.74) is 16.2. The van der Waals surface area contributed by atoms with Gasteiger partial charge in [0.1, 0.15) is 5.82 Å². The first-order chi connectivity index (χ1) is 18.7.